The van der Waals surface area contributed by atoms with Crippen molar-refractivity contribution >= 4 is 19.6 Å². The number of imidazole rings is 1. The number of ether oxygens (including phenoxy) is 2. The fraction of sp³-hybridized carbons (Fsp3) is 0.750. The van der Waals surface area contributed by atoms with Crippen LogP contribution in [-0.2, 0) is 29.6 Å². The first-order valence-electron chi connectivity index (χ1n) is 9.76. The molecular weight excluding hydrogens is 419 g/mol. The Morgan fingerprint density at radius 3 is 2.97 bits per heavy atom. The van der Waals surface area contributed by atoms with Gasteiger partial charge in [0.1, 0.15) is 24.3 Å². The number of phosphoric acid groups is 1. The van der Waals surface area contributed by atoms with Crippen LogP contribution in [0, 0.1) is 0 Å². The standard InChI is InChI=1S/C16H27N6O7P/c1-18-13-4-11(23)12(29-13)7-27-30(24,25)26-6-9-2-3-14(28-9)22-8-20-10-5-19-16(17)21-15(10)22/h8-9,11-14,18,23H,2-7H2,1H3,(H,24,25)(H3,17,19,21)/t9-,11+,12?,13+,14+/m0/s1. The number of hydrogen-bond donors (Lipinski definition) is 5. The number of nitrogens with one attached hydrogen (secondary N) is 2. The van der Waals surface area contributed by atoms with Crippen molar-refractivity contribution in [3.63, 3.8) is 0 Å². The largest absolute Gasteiger partial charge is 0.472 e. The molecule has 0 radical (unpaired) electrons. The zero-order chi connectivity index (χ0) is 21.3. The van der Waals surface area contributed by atoms with Gasteiger partial charge in [0.2, 0.25) is 0 Å². The topological polar surface area (TPSA) is 175 Å². The Hall–Kier alpha value is -1.57. The first kappa shape index (κ1) is 21.7. The number of nitrogens with two attached hydrogens (primary N) is 1. The summed E-state index contributed by atoms with van der Waals surface area (Å²) in [4.78, 5) is 18.5. The molecule has 0 spiro atoms. The summed E-state index contributed by atoms with van der Waals surface area (Å²) in [6.45, 7) is 0.133. The molecule has 0 aromatic carbocycles. The molecule has 6 atom stereocenters. The molecule has 2 saturated heterocycles. The smallest absolute Gasteiger partial charge is 0.390 e. The van der Waals surface area contributed by atoms with E-state index in [1.165, 1.54) is 0 Å². The lowest BCUT2D eigenvalue weighted by atomic mass is 10.2. The summed E-state index contributed by atoms with van der Waals surface area (Å²) in [6.07, 6.45) is 0.818. The fourth-order valence-corrected chi connectivity index (χ4v) is 4.40. The maximum absolute atomic E-state index is 12.2. The van der Waals surface area contributed by atoms with Crippen molar-refractivity contribution in [2.75, 3.05) is 20.3 Å². The first-order chi connectivity index (χ1) is 14.3. The van der Waals surface area contributed by atoms with Gasteiger partial charge in [0.25, 0.3) is 0 Å². The molecular formula is C16H27N6O7P. The fourth-order valence-electron chi connectivity index (χ4n) is 3.64. The summed E-state index contributed by atoms with van der Waals surface area (Å²) in [7, 11) is -2.61. The van der Waals surface area contributed by atoms with E-state index in [0.717, 1.165) is 5.69 Å². The van der Waals surface area contributed by atoms with E-state index in [2.05, 4.69) is 20.6 Å². The quantitative estimate of drug-likeness (QED) is 0.324. The predicted molar refractivity (Wildman–Crippen MR) is 104 cm³/mol. The molecule has 168 valence electrons. The molecule has 3 aliphatic rings. The molecule has 3 aliphatic heterocycles. The van der Waals surface area contributed by atoms with Crippen LogP contribution in [0.4, 0.5) is 5.82 Å². The molecule has 4 heterocycles. The molecule has 0 bridgehead atoms. The molecule has 14 heteroatoms. The number of hydrogen-bond acceptors (Lipinski definition) is 11. The highest BCUT2D eigenvalue weighted by Crippen LogP contribution is 2.45. The summed E-state index contributed by atoms with van der Waals surface area (Å²) >= 11 is 0. The molecule has 13 nitrogen and oxygen atoms in total. The number of rotatable bonds is 8. The molecule has 0 saturated carbocycles. The SMILES string of the molecule is CN[C@H]1C[C@@H](O)C(COP(=O)(O)OC[C@@H]2CC[C@H](n3cnc4c3N=C(N)NC4)O2)O1. The first-order valence-corrected chi connectivity index (χ1v) is 11.3. The van der Waals surface area contributed by atoms with Crippen molar-refractivity contribution < 1.29 is 33.1 Å². The van der Waals surface area contributed by atoms with Crippen molar-refractivity contribution in [2.24, 2.45) is 10.7 Å². The summed E-state index contributed by atoms with van der Waals surface area (Å²) in [5.74, 6) is 0.960. The van der Waals surface area contributed by atoms with Gasteiger partial charge in [-0.3, -0.25) is 18.9 Å². The van der Waals surface area contributed by atoms with Crippen molar-refractivity contribution in [1.29, 1.82) is 0 Å². The van der Waals surface area contributed by atoms with E-state index in [9.17, 15) is 14.6 Å². The van der Waals surface area contributed by atoms with Crippen LogP contribution in [-0.4, -0.2) is 70.3 Å². The van der Waals surface area contributed by atoms with E-state index in [0.29, 0.717) is 37.6 Å². The van der Waals surface area contributed by atoms with Gasteiger partial charge in [-0.25, -0.2) is 9.55 Å². The van der Waals surface area contributed by atoms with E-state index >= 15 is 0 Å². The van der Waals surface area contributed by atoms with Crippen LogP contribution in [0.5, 0.6) is 0 Å². The Morgan fingerprint density at radius 2 is 2.20 bits per heavy atom. The Labute approximate surface area is 173 Å². The molecule has 2 unspecified atom stereocenters. The Bertz CT molecular complexity index is 835. The van der Waals surface area contributed by atoms with Crippen LogP contribution in [0.1, 0.15) is 31.2 Å². The van der Waals surface area contributed by atoms with Crippen LogP contribution in [0.15, 0.2) is 11.3 Å². The highest BCUT2D eigenvalue weighted by molar-refractivity contribution is 7.47. The maximum atomic E-state index is 12.2. The number of aliphatic hydroxyl groups excluding tert-OH is 1. The van der Waals surface area contributed by atoms with E-state index < -0.39 is 20.0 Å². The lowest BCUT2D eigenvalue weighted by Crippen LogP contribution is -2.33. The highest BCUT2D eigenvalue weighted by Gasteiger charge is 2.36. The van der Waals surface area contributed by atoms with Gasteiger partial charge in [0, 0.05) is 6.42 Å². The third kappa shape index (κ3) is 4.84. The molecule has 6 N–H and O–H groups in total. The molecule has 0 amide bonds. The zero-order valence-electron chi connectivity index (χ0n) is 16.5. The minimum Gasteiger partial charge on any atom is -0.390 e. The molecule has 1 aromatic rings. The van der Waals surface area contributed by atoms with Crippen molar-refractivity contribution in [2.45, 2.75) is 56.6 Å². The maximum Gasteiger partial charge on any atom is 0.472 e. The van der Waals surface area contributed by atoms with Gasteiger partial charge in [-0.15, -0.1) is 0 Å². The number of aliphatic hydroxyl groups is 1. The van der Waals surface area contributed by atoms with Gasteiger partial charge in [0.05, 0.1) is 38.3 Å². The van der Waals surface area contributed by atoms with Gasteiger partial charge in [-0.2, -0.15) is 4.99 Å². The highest BCUT2D eigenvalue weighted by atomic mass is 31.2. The number of aliphatic imine (C=N–C) groups is 1. The van der Waals surface area contributed by atoms with Crippen molar-refractivity contribution in [3.8, 4) is 0 Å². The lowest BCUT2D eigenvalue weighted by Gasteiger charge is -2.20. The Morgan fingerprint density at radius 1 is 1.40 bits per heavy atom. The van der Waals surface area contributed by atoms with Crippen LogP contribution in [0.25, 0.3) is 0 Å². The summed E-state index contributed by atoms with van der Waals surface area (Å²) < 4.78 is 35.5. The summed E-state index contributed by atoms with van der Waals surface area (Å²) in [5, 5.41) is 15.7. The third-order valence-corrected chi connectivity index (χ3v) is 6.22. The van der Waals surface area contributed by atoms with Crippen LogP contribution >= 0.6 is 7.82 Å². The normalized spacial score (nSPS) is 33.0. The summed E-state index contributed by atoms with van der Waals surface area (Å²) in [5.41, 5.74) is 6.51. The van der Waals surface area contributed by atoms with E-state index in [4.69, 9.17) is 24.3 Å². The van der Waals surface area contributed by atoms with E-state index in [-0.39, 0.29) is 31.8 Å². The average molecular weight is 446 g/mol. The molecule has 30 heavy (non-hydrogen) atoms. The Balaban J connectivity index is 1.25. The third-order valence-electron chi connectivity index (χ3n) is 5.27. The number of aromatic nitrogens is 2. The monoisotopic (exact) mass is 446 g/mol. The second-order valence-corrected chi connectivity index (χ2v) is 8.83. The minimum absolute atomic E-state index is 0.110. The number of phosphoric ester groups is 1. The second-order valence-electron chi connectivity index (χ2n) is 7.38. The number of guanidine groups is 1. The zero-order valence-corrected chi connectivity index (χ0v) is 17.4. The lowest BCUT2D eigenvalue weighted by molar-refractivity contribution is -0.0396. The van der Waals surface area contributed by atoms with Gasteiger partial charge in [0.15, 0.2) is 11.8 Å². The van der Waals surface area contributed by atoms with Crippen LogP contribution in [0.3, 0.4) is 0 Å². The Kier molecular flexibility index (Phi) is 6.42. The van der Waals surface area contributed by atoms with Gasteiger partial charge in [-0.05, 0) is 19.9 Å². The summed E-state index contributed by atoms with van der Waals surface area (Å²) in [6, 6.07) is 0. The van der Waals surface area contributed by atoms with Gasteiger partial charge < -0.3 is 30.5 Å². The predicted octanol–water partition coefficient (Wildman–Crippen LogP) is -0.561. The number of fused-ring (bicyclic) bond motifs is 1. The van der Waals surface area contributed by atoms with Crippen LogP contribution in [0.2, 0.25) is 0 Å². The molecule has 1 aromatic heterocycles. The van der Waals surface area contributed by atoms with E-state index in [1.54, 1.807) is 17.9 Å². The minimum atomic E-state index is -4.32. The van der Waals surface area contributed by atoms with Gasteiger partial charge >= 0.3 is 7.82 Å². The average Bonchev–Trinajstić information content (AvgIpc) is 3.42. The molecule has 4 rings (SSSR count). The van der Waals surface area contributed by atoms with Crippen molar-refractivity contribution in [3.05, 3.63) is 12.0 Å². The van der Waals surface area contributed by atoms with Crippen LogP contribution < -0.4 is 16.4 Å². The second kappa shape index (κ2) is 8.89. The van der Waals surface area contributed by atoms with Crippen molar-refractivity contribution in [1.82, 2.24) is 20.2 Å². The van der Waals surface area contributed by atoms with Gasteiger partial charge in [-0.1, -0.05) is 0 Å². The van der Waals surface area contributed by atoms with E-state index in [1.807, 2.05) is 0 Å². The molecule has 0 aliphatic carbocycles. The molecule has 2 fully saturated rings. The number of nitrogens with zero attached hydrogens (tertiary/aromatic N) is 3.